The number of rotatable bonds is 11. The molecular weight excluding hydrogens is 599 g/mol. The molecule has 0 spiro atoms. The molecule has 2 aliphatic heterocycles. The number of H-pyrrole nitrogens is 1. The molecule has 0 bridgehead atoms. The molecule has 2 saturated heterocycles. The molecule has 0 aliphatic carbocycles. The minimum absolute atomic E-state index is 0.00137. The molecule has 4 heterocycles. The van der Waals surface area contributed by atoms with Crippen molar-refractivity contribution in [1.29, 1.82) is 0 Å². The van der Waals surface area contributed by atoms with E-state index >= 15 is 0 Å². The van der Waals surface area contributed by atoms with Crippen molar-refractivity contribution in [3.8, 4) is 11.5 Å². The van der Waals surface area contributed by atoms with Crippen molar-refractivity contribution in [2.45, 2.75) is 69.9 Å². The molecule has 2 aromatic carbocycles. The van der Waals surface area contributed by atoms with Gasteiger partial charge in [0.25, 0.3) is 0 Å². The number of benzene rings is 2. The molecule has 2 aliphatic rings. The number of aromatic amines is 1. The van der Waals surface area contributed by atoms with Crippen molar-refractivity contribution in [2.75, 3.05) is 26.7 Å². The zero-order valence-corrected chi connectivity index (χ0v) is 25.9. The van der Waals surface area contributed by atoms with Gasteiger partial charge in [-0.25, -0.2) is 18.2 Å². The Labute approximate surface area is 264 Å². The highest BCUT2D eigenvalue weighted by molar-refractivity contribution is 5.92. The summed E-state index contributed by atoms with van der Waals surface area (Å²) in [5.74, 6) is -0.856. The van der Waals surface area contributed by atoms with E-state index in [1.165, 1.54) is 29.2 Å². The first-order valence-electron chi connectivity index (χ1n) is 15.8. The Hall–Kier alpha value is -4.39. The summed E-state index contributed by atoms with van der Waals surface area (Å²) in [7, 11) is 1.66. The van der Waals surface area contributed by atoms with Gasteiger partial charge in [0, 0.05) is 42.5 Å². The quantitative estimate of drug-likeness (QED) is 0.217. The summed E-state index contributed by atoms with van der Waals surface area (Å²) in [5, 5.41) is 6.39. The van der Waals surface area contributed by atoms with E-state index in [0.717, 1.165) is 23.8 Å². The topological polar surface area (TPSA) is 115 Å². The van der Waals surface area contributed by atoms with Gasteiger partial charge in [0.2, 0.25) is 18.2 Å². The van der Waals surface area contributed by atoms with Gasteiger partial charge in [0.1, 0.15) is 23.8 Å². The molecule has 13 heteroatoms. The number of fused-ring (bicyclic) bond motifs is 2. The number of hydrogen-bond acceptors (Lipinski definition) is 5. The number of imidazole rings is 1. The van der Waals surface area contributed by atoms with Gasteiger partial charge >= 0.3 is 0 Å². The van der Waals surface area contributed by atoms with Crippen LogP contribution in [0.2, 0.25) is 0 Å². The molecular formula is C33H38F3N7O3. The second kappa shape index (κ2) is 13.1. The van der Waals surface area contributed by atoms with Gasteiger partial charge < -0.3 is 30.0 Å². The molecule has 2 fully saturated rings. The Morgan fingerprint density at radius 3 is 2.70 bits per heavy atom. The van der Waals surface area contributed by atoms with Crippen LogP contribution >= 0.6 is 0 Å². The third kappa shape index (κ3) is 6.07. The first-order chi connectivity index (χ1) is 22.2. The summed E-state index contributed by atoms with van der Waals surface area (Å²) in [6, 6.07) is 7.44. The van der Waals surface area contributed by atoms with Crippen molar-refractivity contribution in [3.05, 3.63) is 53.6 Å². The fourth-order valence-electron chi connectivity index (χ4n) is 7.03. The van der Waals surface area contributed by atoms with Crippen LogP contribution in [0.3, 0.4) is 0 Å². The number of halogens is 3. The van der Waals surface area contributed by atoms with Crippen molar-refractivity contribution in [3.63, 3.8) is 0 Å². The maximum atomic E-state index is 14.5. The highest BCUT2D eigenvalue weighted by atomic mass is 19.1. The lowest BCUT2D eigenvalue weighted by Crippen LogP contribution is -2.51. The number of amides is 3. The zero-order valence-electron chi connectivity index (χ0n) is 25.9. The molecule has 6 rings (SSSR count). The summed E-state index contributed by atoms with van der Waals surface area (Å²) < 4.78 is 45.1. The number of carbonyl (C=O) groups excluding carboxylic acids is 3. The first kappa shape index (κ1) is 31.6. The van der Waals surface area contributed by atoms with E-state index in [1.807, 2.05) is 16.4 Å². The number of carbonyl (C=O) groups is 3. The van der Waals surface area contributed by atoms with Crippen molar-refractivity contribution < 1.29 is 27.6 Å². The first-order valence-corrected chi connectivity index (χ1v) is 15.8. The molecule has 10 nitrogen and oxygen atoms in total. The van der Waals surface area contributed by atoms with Crippen molar-refractivity contribution >= 4 is 40.2 Å². The highest BCUT2D eigenvalue weighted by Crippen LogP contribution is 2.36. The molecule has 0 radical (unpaired) electrons. The molecule has 46 heavy (non-hydrogen) atoms. The maximum Gasteiger partial charge on any atom is 0.245 e. The number of likely N-dealkylation sites (N-methyl/N-ethyl adjacent to an activating group) is 1. The predicted molar refractivity (Wildman–Crippen MR) is 168 cm³/mol. The van der Waals surface area contributed by atoms with Crippen LogP contribution in [-0.4, -0.2) is 93.5 Å². The summed E-state index contributed by atoms with van der Waals surface area (Å²) in [6.07, 6.45) is 2.03. The minimum Gasteiger partial charge on any atom is -0.352 e. The lowest BCUT2D eigenvalue weighted by Gasteiger charge is -2.29. The lowest BCUT2D eigenvalue weighted by molar-refractivity contribution is -0.137. The standard InChI is InChI=1S/C33H38F3N7O3/c1-3-26(38-30(45)15-37-2)33(46)42-10-4-5-22(42)14-25-24-8-6-19(34)12-27(24)39-31(25)32-40-28-13-20(35)7-9-29(28)43(32)17-23-11-21(36)16-41(23)18-44/h6-9,12-13,18,21-23,26,37,39H,3-5,10-11,14-17H2,1-2H3,(H,38,45). The van der Waals surface area contributed by atoms with Gasteiger partial charge in [-0.1, -0.05) is 6.92 Å². The van der Waals surface area contributed by atoms with Gasteiger partial charge in [0.15, 0.2) is 5.82 Å². The second-order valence-electron chi connectivity index (χ2n) is 12.2. The monoisotopic (exact) mass is 637 g/mol. The Morgan fingerprint density at radius 2 is 1.93 bits per heavy atom. The van der Waals surface area contributed by atoms with Crippen molar-refractivity contribution in [1.82, 2.24) is 35.0 Å². The fourth-order valence-corrected chi connectivity index (χ4v) is 7.03. The molecule has 3 N–H and O–H groups in total. The van der Waals surface area contributed by atoms with E-state index in [2.05, 4.69) is 15.6 Å². The molecule has 2 aromatic heterocycles. The molecule has 244 valence electrons. The van der Waals surface area contributed by atoms with Gasteiger partial charge in [-0.05, 0) is 68.6 Å². The van der Waals surface area contributed by atoms with Gasteiger partial charge in [-0.2, -0.15) is 0 Å². The van der Waals surface area contributed by atoms with E-state index in [0.29, 0.717) is 53.9 Å². The van der Waals surface area contributed by atoms with Crippen molar-refractivity contribution in [2.24, 2.45) is 0 Å². The van der Waals surface area contributed by atoms with Gasteiger partial charge in [-0.3, -0.25) is 14.4 Å². The third-order valence-corrected chi connectivity index (χ3v) is 9.22. The SMILES string of the molecule is CCC(NC(=O)CNC)C(=O)N1CCCC1Cc1c(-c2nc3cc(F)ccc3n2CC2CC(F)CN2C=O)[nH]c2cc(F)ccc12. The molecule has 4 atom stereocenters. The van der Waals surface area contributed by atoms with E-state index in [-0.39, 0.29) is 43.9 Å². The van der Waals surface area contributed by atoms with Crippen LogP contribution in [0, 0.1) is 11.6 Å². The number of nitrogens with one attached hydrogen (secondary N) is 3. The van der Waals surface area contributed by atoms with E-state index in [4.69, 9.17) is 4.98 Å². The maximum absolute atomic E-state index is 14.5. The minimum atomic E-state index is -1.15. The Balaban J connectivity index is 1.41. The Morgan fingerprint density at radius 1 is 1.15 bits per heavy atom. The fraction of sp³-hybridized carbons (Fsp3) is 0.455. The zero-order chi connectivity index (χ0) is 32.5. The summed E-state index contributed by atoms with van der Waals surface area (Å²) in [6.45, 7) is 2.72. The van der Waals surface area contributed by atoms with Crippen LogP contribution in [0.25, 0.3) is 33.5 Å². The third-order valence-electron chi connectivity index (χ3n) is 9.22. The average molecular weight is 638 g/mol. The van der Waals surface area contributed by atoms with Crippen LogP contribution in [-0.2, 0) is 27.3 Å². The average Bonchev–Trinajstić information content (AvgIpc) is 3.80. The number of nitrogens with zero attached hydrogens (tertiary/aromatic N) is 4. The van der Waals surface area contributed by atoms with E-state index in [9.17, 15) is 27.6 Å². The van der Waals surface area contributed by atoms with Crippen LogP contribution in [0.15, 0.2) is 36.4 Å². The van der Waals surface area contributed by atoms with E-state index < -0.39 is 29.9 Å². The van der Waals surface area contributed by atoms with Crippen LogP contribution in [0.5, 0.6) is 0 Å². The molecule has 4 unspecified atom stereocenters. The highest BCUT2D eigenvalue weighted by Gasteiger charge is 2.36. The molecule has 0 saturated carbocycles. The summed E-state index contributed by atoms with van der Waals surface area (Å²) in [4.78, 5) is 49.2. The Bertz CT molecular complexity index is 1770. The largest absolute Gasteiger partial charge is 0.352 e. The second-order valence-corrected chi connectivity index (χ2v) is 12.2. The van der Waals surface area contributed by atoms with Crippen LogP contribution < -0.4 is 10.6 Å². The van der Waals surface area contributed by atoms with Gasteiger partial charge in [0.05, 0.1) is 35.9 Å². The predicted octanol–water partition coefficient (Wildman–Crippen LogP) is 3.68. The normalized spacial score (nSPS) is 20.6. The summed E-state index contributed by atoms with van der Waals surface area (Å²) in [5.41, 5.74) is 2.93. The number of likely N-dealkylation sites (tertiary alicyclic amines) is 2. The van der Waals surface area contributed by atoms with Crippen LogP contribution in [0.4, 0.5) is 13.2 Å². The number of alkyl halides is 1. The Kier molecular flexibility index (Phi) is 9.03. The number of hydrogen-bond donors (Lipinski definition) is 3. The number of aromatic nitrogens is 3. The summed E-state index contributed by atoms with van der Waals surface area (Å²) >= 11 is 0. The lowest BCUT2D eigenvalue weighted by atomic mass is 9.99. The van der Waals surface area contributed by atoms with E-state index in [1.54, 1.807) is 19.2 Å². The molecule has 4 aromatic rings. The molecule has 3 amide bonds. The van der Waals surface area contributed by atoms with Gasteiger partial charge in [-0.15, -0.1) is 0 Å². The van der Waals surface area contributed by atoms with Crippen LogP contribution in [0.1, 0.15) is 38.2 Å². The smallest absolute Gasteiger partial charge is 0.245 e.